The van der Waals surface area contributed by atoms with Crippen LogP contribution in [-0.2, 0) is 23.9 Å². The minimum atomic E-state index is -1.02. The van der Waals surface area contributed by atoms with Crippen molar-refractivity contribution in [3.63, 3.8) is 0 Å². The van der Waals surface area contributed by atoms with Crippen molar-refractivity contribution in [3.05, 3.63) is 34.3 Å². The number of carbonyl (C=O) groups excluding carboxylic acids is 4. The second kappa shape index (κ2) is 11.8. The number of rotatable bonds is 7. The first-order valence-corrected chi connectivity index (χ1v) is 10.8. The second-order valence-electron chi connectivity index (χ2n) is 7.40. The Morgan fingerprint density at radius 2 is 1.87 bits per heavy atom. The molecule has 0 aliphatic carbocycles. The smallest absolute Gasteiger partial charge is 0.407 e. The van der Waals surface area contributed by atoms with E-state index in [1.54, 1.807) is 38.1 Å². The summed E-state index contributed by atoms with van der Waals surface area (Å²) in [6, 6.07) is 4.70. The van der Waals surface area contributed by atoms with Gasteiger partial charge in [-0.1, -0.05) is 41.9 Å². The number of nitrogens with zero attached hydrogens (tertiary/aromatic N) is 1. The quantitative estimate of drug-likeness (QED) is 0.454. The Labute approximate surface area is 189 Å². The van der Waals surface area contributed by atoms with Gasteiger partial charge in [0.1, 0.15) is 6.04 Å². The fourth-order valence-corrected chi connectivity index (χ4v) is 3.29. The number of hydrogen-bond donors (Lipinski definition) is 1. The topological polar surface area (TPSA) is 111 Å². The third kappa shape index (κ3) is 7.03. The Morgan fingerprint density at radius 1 is 1.19 bits per heavy atom. The summed E-state index contributed by atoms with van der Waals surface area (Å²) in [6.45, 7) is 3.30. The minimum Gasteiger partial charge on any atom is -0.456 e. The minimum absolute atomic E-state index is 0.246. The second-order valence-corrected chi connectivity index (χ2v) is 8.32. The highest BCUT2D eigenvalue weighted by molar-refractivity contribution is 9.10. The van der Waals surface area contributed by atoms with Crippen LogP contribution in [0.25, 0.3) is 0 Å². The first kappa shape index (κ1) is 24.8. The third-order valence-corrected chi connectivity index (χ3v) is 5.31. The van der Waals surface area contributed by atoms with E-state index in [9.17, 15) is 19.2 Å². The molecule has 31 heavy (non-hydrogen) atoms. The first-order chi connectivity index (χ1) is 14.7. The molecule has 2 amide bonds. The number of carbonyl (C=O) groups is 4. The van der Waals surface area contributed by atoms with E-state index in [1.807, 2.05) is 0 Å². The van der Waals surface area contributed by atoms with E-state index >= 15 is 0 Å². The SMILES string of the molecule is COC(=O)NC(C(=O)N1OCCCCC1C(=O)OCC(=O)c1ccc(Br)cc1)C(C)C. The summed E-state index contributed by atoms with van der Waals surface area (Å²) in [6.07, 6.45) is 0.851. The van der Waals surface area contributed by atoms with E-state index in [1.165, 1.54) is 7.11 Å². The van der Waals surface area contributed by atoms with Crippen LogP contribution in [0.2, 0.25) is 0 Å². The van der Waals surface area contributed by atoms with Crippen LogP contribution in [0.15, 0.2) is 28.7 Å². The van der Waals surface area contributed by atoms with Crippen LogP contribution in [0.4, 0.5) is 4.79 Å². The van der Waals surface area contributed by atoms with E-state index in [0.29, 0.717) is 24.8 Å². The number of amides is 2. The summed E-state index contributed by atoms with van der Waals surface area (Å²) >= 11 is 3.30. The van der Waals surface area contributed by atoms with Gasteiger partial charge >= 0.3 is 12.1 Å². The maximum absolute atomic E-state index is 13.1. The molecule has 1 fully saturated rings. The third-order valence-electron chi connectivity index (χ3n) is 4.78. The molecule has 2 atom stereocenters. The van der Waals surface area contributed by atoms with E-state index in [2.05, 4.69) is 26.0 Å². The van der Waals surface area contributed by atoms with Crippen molar-refractivity contribution in [2.45, 2.75) is 45.2 Å². The van der Waals surface area contributed by atoms with E-state index in [0.717, 1.165) is 9.54 Å². The van der Waals surface area contributed by atoms with E-state index in [-0.39, 0.29) is 18.3 Å². The maximum atomic E-state index is 13.1. The molecule has 1 aliphatic rings. The summed E-state index contributed by atoms with van der Waals surface area (Å²) in [5.74, 6) is -1.96. The van der Waals surface area contributed by atoms with Crippen LogP contribution in [0, 0.1) is 5.92 Å². The van der Waals surface area contributed by atoms with Crippen molar-refractivity contribution in [2.24, 2.45) is 5.92 Å². The van der Waals surface area contributed by atoms with Gasteiger partial charge in [0, 0.05) is 10.0 Å². The number of ether oxygens (including phenoxy) is 2. The number of hydrogen-bond acceptors (Lipinski definition) is 7. The zero-order valence-electron chi connectivity index (χ0n) is 17.8. The van der Waals surface area contributed by atoms with Gasteiger partial charge in [-0.05, 0) is 37.3 Å². The highest BCUT2D eigenvalue weighted by atomic mass is 79.9. The Hall–Kier alpha value is -2.46. The van der Waals surface area contributed by atoms with Gasteiger partial charge < -0.3 is 14.8 Å². The highest BCUT2D eigenvalue weighted by Crippen LogP contribution is 2.20. The molecule has 10 heteroatoms. The molecule has 1 aromatic carbocycles. The molecule has 0 bridgehead atoms. The maximum Gasteiger partial charge on any atom is 0.407 e. The van der Waals surface area contributed by atoms with Crippen molar-refractivity contribution in [1.29, 1.82) is 0 Å². The number of benzene rings is 1. The van der Waals surface area contributed by atoms with Gasteiger partial charge in [-0.2, -0.15) is 0 Å². The predicted molar refractivity (Wildman–Crippen MR) is 114 cm³/mol. The zero-order valence-corrected chi connectivity index (χ0v) is 19.3. The van der Waals surface area contributed by atoms with Crippen molar-refractivity contribution in [3.8, 4) is 0 Å². The molecule has 0 spiro atoms. The first-order valence-electron chi connectivity index (χ1n) is 10.0. The van der Waals surface area contributed by atoms with Crippen LogP contribution < -0.4 is 5.32 Å². The molecule has 1 saturated heterocycles. The molecule has 0 aromatic heterocycles. The molecule has 1 aromatic rings. The van der Waals surface area contributed by atoms with Crippen LogP contribution in [-0.4, -0.2) is 61.2 Å². The number of Topliss-reactive ketones (excluding diaryl/α,β-unsaturated/α-hetero) is 1. The lowest BCUT2D eigenvalue weighted by atomic mass is 10.0. The van der Waals surface area contributed by atoms with Crippen molar-refractivity contribution >= 4 is 39.7 Å². The molecule has 0 radical (unpaired) electrons. The van der Waals surface area contributed by atoms with Crippen molar-refractivity contribution < 1.29 is 33.5 Å². The fourth-order valence-electron chi connectivity index (χ4n) is 3.03. The van der Waals surface area contributed by atoms with Crippen LogP contribution in [0.1, 0.15) is 43.5 Å². The molecular weight excluding hydrogens is 472 g/mol. The van der Waals surface area contributed by atoms with Crippen molar-refractivity contribution in [1.82, 2.24) is 10.4 Å². The van der Waals surface area contributed by atoms with Crippen LogP contribution in [0.5, 0.6) is 0 Å². The number of ketones is 1. The normalized spacial score (nSPS) is 17.5. The van der Waals surface area contributed by atoms with Gasteiger partial charge in [0.05, 0.1) is 13.7 Å². The Bertz CT molecular complexity index is 797. The summed E-state index contributed by atoms with van der Waals surface area (Å²) in [5, 5.41) is 3.45. The number of hydroxylamine groups is 2. The van der Waals surface area contributed by atoms with Gasteiger partial charge in [0.25, 0.3) is 5.91 Å². The Balaban J connectivity index is 2.10. The number of methoxy groups -OCH3 is 1. The van der Waals surface area contributed by atoms with Gasteiger partial charge in [0.2, 0.25) is 0 Å². The lowest BCUT2D eigenvalue weighted by Gasteiger charge is -2.31. The molecule has 9 nitrogen and oxygen atoms in total. The van der Waals surface area contributed by atoms with Crippen LogP contribution >= 0.6 is 15.9 Å². The monoisotopic (exact) mass is 498 g/mol. The average molecular weight is 499 g/mol. The Kier molecular flexibility index (Phi) is 9.44. The lowest BCUT2D eigenvalue weighted by Crippen LogP contribution is -2.55. The molecule has 2 rings (SSSR count). The van der Waals surface area contributed by atoms with Gasteiger partial charge in [-0.25, -0.2) is 14.7 Å². The Morgan fingerprint density at radius 3 is 2.48 bits per heavy atom. The highest BCUT2D eigenvalue weighted by Gasteiger charge is 2.39. The molecular formula is C21H27BrN2O7. The summed E-state index contributed by atoms with van der Waals surface area (Å²) < 4.78 is 10.6. The van der Waals surface area contributed by atoms with Crippen LogP contribution in [0.3, 0.4) is 0 Å². The number of alkyl carbamates (subject to hydrolysis) is 1. The van der Waals surface area contributed by atoms with Gasteiger partial charge in [-0.15, -0.1) is 0 Å². The summed E-state index contributed by atoms with van der Waals surface area (Å²) in [4.78, 5) is 55.4. The zero-order chi connectivity index (χ0) is 23.0. The number of halogens is 1. The van der Waals surface area contributed by atoms with E-state index < -0.39 is 36.7 Å². The lowest BCUT2D eigenvalue weighted by molar-refractivity contribution is -0.207. The summed E-state index contributed by atoms with van der Waals surface area (Å²) in [5.41, 5.74) is 0.406. The van der Waals surface area contributed by atoms with Gasteiger partial charge in [-0.3, -0.25) is 14.4 Å². The largest absolute Gasteiger partial charge is 0.456 e. The fraction of sp³-hybridized carbons (Fsp3) is 0.524. The van der Waals surface area contributed by atoms with Crippen molar-refractivity contribution in [2.75, 3.05) is 20.3 Å². The molecule has 1 heterocycles. The number of esters is 1. The van der Waals surface area contributed by atoms with Gasteiger partial charge in [0.15, 0.2) is 18.4 Å². The molecule has 2 unspecified atom stereocenters. The standard InChI is InChI=1S/C21H27BrN2O7/c1-13(2)18(23-21(28)29-3)19(26)24-16(6-4-5-11-31-24)20(27)30-12-17(25)14-7-9-15(22)10-8-14/h7-10,13,16,18H,4-6,11-12H2,1-3H3,(H,23,28). The molecule has 0 saturated carbocycles. The molecule has 170 valence electrons. The molecule has 1 N–H and O–H groups in total. The summed E-state index contributed by atoms with van der Waals surface area (Å²) in [7, 11) is 1.20. The number of nitrogens with one attached hydrogen (secondary N) is 1. The predicted octanol–water partition coefficient (Wildman–Crippen LogP) is 2.87. The average Bonchev–Trinajstić information content (AvgIpc) is 3.01. The van der Waals surface area contributed by atoms with E-state index in [4.69, 9.17) is 9.57 Å². The molecule has 1 aliphatic heterocycles.